The van der Waals surface area contributed by atoms with Crippen molar-refractivity contribution in [1.82, 2.24) is 15.1 Å². The van der Waals surface area contributed by atoms with Crippen molar-refractivity contribution in [2.75, 3.05) is 30.9 Å². The summed E-state index contributed by atoms with van der Waals surface area (Å²) in [4.78, 5) is 12.9. The highest BCUT2D eigenvalue weighted by Gasteiger charge is 2.10. The third-order valence-electron chi connectivity index (χ3n) is 3.76. The second-order valence-corrected chi connectivity index (χ2v) is 5.97. The van der Waals surface area contributed by atoms with Crippen LogP contribution >= 0.6 is 0 Å². The van der Waals surface area contributed by atoms with Crippen LogP contribution in [0.3, 0.4) is 0 Å². The zero-order valence-corrected chi connectivity index (χ0v) is 14.4. The molecule has 1 aromatic carbocycles. The lowest BCUT2D eigenvalue weighted by atomic mass is 10.1. The maximum absolute atomic E-state index is 5.23. The molecule has 0 radical (unpaired) electrons. The largest absolute Gasteiger partial charge is 0.378 e. The van der Waals surface area contributed by atoms with Crippen LogP contribution in [0.15, 0.2) is 47.1 Å². The van der Waals surface area contributed by atoms with E-state index in [9.17, 15) is 0 Å². The molecule has 0 unspecified atom stereocenters. The van der Waals surface area contributed by atoms with Crippen LogP contribution in [-0.4, -0.2) is 36.3 Å². The lowest BCUT2D eigenvalue weighted by molar-refractivity contribution is 0.425. The average molecular weight is 323 g/mol. The molecule has 6 heteroatoms. The highest BCUT2D eigenvalue weighted by Crippen LogP contribution is 2.22. The molecule has 2 aromatic heterocycles. The summed E-state index contributed by atoms with van der Waals surface area (Å²) in [6, 6.07) is 12.3. The molecule has 24 heavy (non-hydrogen) atoms. The molecule has 124 valence electrons. The fraction of sp³-hybridized carbons (Fsp3) is 0.278. The van der Waals surface area contributed by atoms with E-state index in [-0.39, 0.29) is 0 Å². The molecule has 0 saturated carbocycles. The number of hydrogen-bond donors (Lipinski definition) is 0. The number of benzene rings is 1. The Bertz CT molecular complexity index is 828. The first kappa shape index (κ1) is 16.0. The lowest BCUT2D eigenvalue weighted by Crippen LogP contribution is -2.18. The molecule has 0 amide bonds. The van der Waals surface area contributed by atoms with Crippen molar-refractivity contribution in [1.29, 1.82) is 0 Å². The van der Waals surface area contributed by atoms with Crippen LogP contribution in [0.4, 0.5) is 11.5 Å². The maximum Gasteiger partial charge on any atom is 0.258 e. The zero-order chi connectivity index (χ0) is 17.1. The number of aryl methyl sites for hydroxylation is 1. The van der Waals surface area contributed by atoms with Gasteiger partial charge in [-0.3, -0.25) is 0 Å². The van der Waals surface area contributed by atoms with E-state index in [0.717, 1.165) is 17.9 Å². The highest BCUT2D eigenvalue weighted by atomic mass is 16.5. The molecule has 0 atom stereocenters. The third kappa shape index (κ3) is 3.53. The summed E-state index contributed by atoms with van der Waals surface area (Å²) >= 11 is 0. The quantitative estimate of drug-likeness (QED) is 0.719. The van der Waals surface area contributed by atoms with Crippen molar-refractivity contribution >= 4 is 11.5 Å². The van der Waals surface area contributed by atoms with Crippen LogP contribution in [0.25, 0.3) is 11.5 Å². The van der Waals surface area contributed by atoms with Crippen molar-refractivity contribution in [3.8, 4) is 11.5 Å². The number of pyridine rings is 1. The number of aromatic nitrogens is 3. The van der Waals surface area contributed by atoms with Gasteiger partial charge in [-0.25, -0.2) is 4.98 Å². The Morgan fingerprint density at radius 2 is 1.92 bits per heavy atom. The van der Waals surface area contributed by atoms with Crippen molar-refractivity contribution in [3.63, 3.8) is 0 Å². The molecule has 3 rings (SSSR count). The minimum absolute atomic E-state index is 0.513. The zero-order valence-electron chi connectivity index (χ0n) is 14.4. The van der Waals surface area contributed by atoms with E-state index in [4.69, 9.17) is 4.52 Å². The predicted octanol–water partition coefficient (Wildman–Crippen LogP) is 3.14. The number of rotatable bonds is 5. The maximum atomic E-state index is 5.23. The second kappa shape index (κ2) is 6.70. The first-order chi connectivity index (χ1) is 11.5. The Balaban J connectivity index is 1.80. The number of nitrogens with zero attached hydrogens (tertiary/aromatic N) is 5. The van der Waals surface area contributed by atoms with Crippen LogP contribution in [0.1, 0.15) is 11.4 Å². The SMILES string of the molecule is Cc1noc(-c2ccnc(N(C)Cc3cccc(N(C)C)c3)c2)n1. The Morgan fingerprint density at radius 3 is 2.62 bits per heavy atom. The van der Waals surface area contributed by atoms with Crippen molar-refractivity contribution in [3.05, 3.63) is 54.0 Å². The van der Waals surface area contributed by atoms with Gasteiger partial charge in [0.15, 0.2) is 5.82 Å². The number of anilines is 2. The fourth-order valence-corrected chi connectivity index (χ4v) is 2.46. The molecule has 2 heterocycles. The van der Waals surface area contributed by atoms with Gasteiger partial charge in [0.05, 0.1) is 0 Å². The molecular formula is C18H21N5O. The Kier molecular flexibility index (Phi) is 4.46. The van der Waals surface area contributed by atoms with Gasteiger partial charge in [0.25, 0.3) is 5.89 Å². The van der Waals surface area contributed by atoms with Crippen LogP contribution in [0.2, 0.25) is 0 Å². The Hall–Kier alpha value is -2.89. The van der Waals surface area contributed by atoms with E-state index in [1.165, 1.54) is 11.3 Å². The van der Waals surface area contributed by atoms with Gasteiger partial charge in [-0.1, -0.05) is 17.3 Å². The summed E-state index contributed by atoms with van der Waals surface area (Å²) in [7, 11) is 6.11. The molecule has 0 spiro atoms. The van der Waals surface area contributed by atoms with E-state index in [1.807, 2.05) is 33.3 Å². The van der Waals surface area contributed by atoms with Gasteiger partial charge in [-0.2, -0.15) is 4.98 Å². The molecule has 0 bridgehead atoms. The summed E-state index contributed by atoms with van der Waals surface area (Å²) in [5, 5.41) is 3.84. The normalized spacial score (nSPS) is 10.7. The molecule has 0 aliphatic heterocycles. The molecule has 0 aliphatic carbocycles. The van der Waals surface area contributed by atoms with Gasteiger partial charge < -0.3 is 14.3 Å². The fourth-order valence-electron chi connectivity index (χ4n) is 2.46. The average Bonchev–Trinajstić information content (AvgIpc) is 3.02. The first-order valence-corrected chi connectivity index (χ1v) is 7.77. The van der Waals surface area contributed by atoms with Gasteiger partial charge in [-0.05, 0) is 36.8 Å². The summed E-state index contributed by atoms with van der Waals surface area (Å²) in [6.45, 7) is 2.57. The van der Waals surface area contributed by atoms with Crippen molar-refractivity contribution in [2.45, 2.75) is 13.5 Å². The second-order valence-electron chi connectivity index (χ2n) is 5.97. The smallest absolute Gasteiger partial charge is 0.258 e. The van der Waals surface area contributed by atoms with Gasteiger partial charge in [-0.15, -0.1) is 0 Å². The van der Waals surface area contributed by atoms with Crippen LogP contribution in [0.5, 0.6) is 0 Å². The molecule has 0 saturated heterocycles. The van der Waals surface area contributed by atoms with Gasteiger partial charge in [0.1, 0.15) is 5.82 Å². The van der Waals surface area contributed by atoms with E-state index in [0.29, 0.717) is 11.7 Å². The molecular weight excluding hydrogens is 302 g/mol. The van der Waals surface area contributed by atoms with Gasteiger partial charge >= 0.3 is 0 Å². The van der Waals surface area contributed by atoms with E-state index in [2.05, 4.69) is 49.2 Å². The van der Waals surface area contributed by atoms with Crippen LogP contribution in [0, 0.1) is 6.92 Å². The minimum atomic E-state index is 0.513. The van der Waals surface area contributed by atoms with Crippen molar-refractivity contribution in [2.24, 2.45) is 0 Å². The van der Waals surface area contributed by atoms with E-state index in [1.54, 1.807) is 13.1 Å². The summed E-state index contributed by atoms with van der Waals surface area (Å²) < 4.78 is 5.23. The molecule has 0 N–H and O–H groups in total. The van der Waals surface area contributed by atoms with Crippen LogP contribution < -0.4 is 9.80 Å². The summed E-state index contributed by atoms with van der Waals surface area (Å²) in [5.74, 6) is 2.00. The molecule has 3 aromatic rings. The van der Waals surface area contributed by atoms with E-state index < -0.39 is 0 Å². The van der Waals surface area contributed by atoms with Gasteiger partial charge in [0.2, 0.25) is 0 Å². The van der Waals surface area contributed by atoms with Crippen molar-refractivity contribution < 1.29 is 4.52 Å². The first-order valence-electron chi connectivity index (χ1n) is 7.77. The van der Waals surface area contributed by atoms with E-state index >= 15 is 0 Å². The monoisotopic (exact) mass is 323 g/mol. The summed E-state index contributed by atoms with van der Waals surface area (Å²) in [6.07, 6.45) is 1.76. The minimum Gasteiger partial charge on any atom is -0.378 e. The number of hydrogen-bond acceptors (Lipinski definition) is 6. The Labute approximate surface area is 141 Å². The predicted molar refractivity (Wildman–Crippen MR) is 95.1 cm³/mol. The summed E-state index contributed by atoms with van der Waals surface area (Å²) in [5.41, 5.74) is 3.28. The lowest BCUT2D eigenvalue weighted by Gasteiger charge is -2.20. The standard InChI is InChI=1S/C18H21N5O/c1-13-20-18(24-21-13)15-8-9-19-17(11-15)23(4)12-14-6-5-7-16(10-14)22(2)3/h5-11H,12H2,1-4H3. The molecule has 0 fully saturated rings. The topological polar surface area (TPSA) is 58.3 Å². The van der Waals surface area contributed by atoms with Crippen LogP contribution in [-0.2, 0) is 6.54 Å². The molecule has 6 nitrogen and oxygen atoms in total. The Morgan fingerprint density at radius 1 is 1.08 bits per heavy atom. The molecule has 0 aliphatic rings. The highest BCUT2D eigenvalue weighted by molar-refractivity contribution is 5.58. The van der Waals surface area contributed by atoms with Gasteiger partial charge in [0, 0.05) is 45.1 Å². The third-order valence-corrected chi connectivity index (χ3v) is 3.76.